The van der Waals surface area contributed by atoms with Crippen LogP contribution in [0.3, 0.4) is 0 Å². The maximum Gasteiger partial charge on any atom is 0.376 e. The number of non-ortho nitro benzene ring substituents is 1. The zero-order valence-corrected chi connectivity index (χ0v) is 27.4. The van der Waals surface area contributed by atoms with E-state index in [-0.39, 0.29) is 22.2 Å². The van der Waals surface area contributed by atoms with Gasteiger partial charge in [0.1, 0.15) is 29.6 Å². The quantitative estimate of drug-likeness (QED) is 0.0518. The Labute approximate surface area is 284 Å². The van der Waals surface area contributed by atoms with Gasteiger partial charge in [-0.3, -0.25) is 29.3 Å². The van der Waals surface area contributed by atoms with Gasteiger partial charge in [-0.2, -0.15) is 9.13 Å². The second kappa shape index (κ2) is 13.5. The van der Waals surface area contributed by atoms with Gasteiger partial charge in [-0.25, -0.2) is 4.90 Å². The van der Waals surface area contributed by atoms with Crippen molar-refractivity contribution in [3.05, 3.63) is 105 Å². The fourth-order valence-corrected chi connectivity index (χ4v) is 6.73. The predicted octanol–water partition coefficient (Wildman–Crippen LogP) is 3.83. The monoisotopic (exact) mass is 687 g/mol. The van der Waals surface area contributed by atoms with Crippen LogP contribution >= 0.6 is 12.6 Å². The Morgan fingerprint density at radius 2 is 1.57 bits per heavy atom. The normalized spacial score (nSPS) is 19.8. The van der Waals surface area contributed by atoms with Crippen LogP contribution in [0.2, 0.25) is 0 Å². The van der Waals surface area contributed by atoms with E-state index in [0.29, 0.717) is 16.9 Å². The maximum absolute atomic E-state index is 14.9. The number of nitro groups is 1. The number of anilines is 2. The van der Waals surface area contributed by atoms with Gasteiger partial charge >= 0.3 is 29.4 Å². The molecular formula is C34H31N4O10S+. The van der Waals surface area contributed by atoms with E-state index in [9.17, 15) is 29.3 Å². The van der Waals surface area contributed by atoms with Crippen molar-refractivity contribution in [2.75, 3.05) is 11.5 Å². The molecule has 3 heterocycles. The molecule has 1 fully saturated rings. The molecule has 15 heteroatoms. The summed E-state index contributed by atoms with van der Waals surface area (Å²) in [4.78, 5) is 64.3. The highest BCUT2D eigenvalue weighted by Crippen LogP contribution is 2.48. The molecule has 14 nitrogen and oxygen atoms in total. The van der Waals surface area contributed by atoms with E-state index in [2.05, 4.69) is 0 Å². The third-order valence-electron chi connectivity index (χ3n) is 8.15. The summed E-state index contributed by atoms with van der Waals surface area (Å²) >= 11 is 4.92. The summed E-state index contributed by atoms with van der Waals surface area (Å²) in [6.07, 6.45) is -4.81. The van der Waals surface area contributed by atoms with E-state index in [0.717, 1.165) is 0 Å². The third-order valence-corrected chi connectivity index (χ3v) is 8.58. The first-order chi connectivity index (χ1) is 23.5. The van der Waals surface area contributed by atoms with E-state index < -0.39 is 65.6 Å². The van der Waals surface area contributed by atoms with E-state index in [4.69, 9.17) is 31.6 Å². The van der Waals surface area contributed by atoms with Crippen LogP contribution in [0.4, 0.5) is 17.3 Å². The zero-order valence-electron chi connectivity index (χ0n) is 26.5. The number of benzene rings is 3. The largest absolute Gasteiger partial charge is 0.462 e. The molecule has 0 N–H and O–H groups in total. The number of carbonyl (C=O) groups excluding carboxylic acids is 3. The Balaban J connectivity index is 1.67. The van der Waals surface area contributed by atoms with Crippen LogP contribution in [0.25, 0.3) is 16.8 Å². The molecule has 1 saturated heterocycles. The van der Waals surface area contributed by atoms with Crippen molar-refractivity contribution in [1.82, 2.24) is 4.57 Å². The number of hydrogen-bond donors (Lipinski definition) is 1. The van der Waals surface area contributed by atoms with Crippen molar-refractivity contribution in [2.24, 2.45) is 0 Å². The first kappa shape index (κ1) is 33.4. The summed E-state index contributed by atoms with van der Waals surface area (Å²) in [7, 11) is 0. The maximum atomic E-state index is 14.9. The average Bonchev–Trinajstić information content (AvgIpc) is 3.58. The molecule has 6 rings (SSSR count). The lowest BCUT2D eigenvalue weighted by molar-refractivity contribution is -0.625. The fraction of sp³-hybridized carbons (Fsp3) is 0.265. The Hall–Kier alpha value is -5.54. The van der Waals surface area contributed by atoms with E-state index in [1.54, 1.807) is 33.7 Å². The number of aromatic nitrogens is 2. The molecule has 2 aliphatic heterocycles. The number of rotatable bonds is 9. The van der Waals surface area contributed by atoms with Crippen molar-refractivity contribution >= 4 is 47.9 Å². The van der Waals surface area contributed by atoms with Crippen molar-refractivity contribution < 1.29 is 42.8 Å². The second-order valence-corrected chi connectivity index (χ2v) is 11.8. The molecule has 1 aromatic heterocycles. The summed E-state index contributed by atoms with van der Waals surface area (Å²) in [5.74, 6) is -1.81. The first-order valence-electron chi connectivity index (χ1n) is 15.2. The number of nitro benzene ring substituents is 1. The molecular weight excluding hydrogens is 656 g/mol. The Kier molecular flexibility index (Phi) is 9.21. The summed E-state index contributed by atoms with van der Waals surface area (Å²) < 4.78 is 26.4. The highest BCUT2D eigenvalue weighted by atomic mass is 32.1. The standard InChI is InChI=1S/C34H30N4O10S/c1-19(39)45-18-26(46-20(2)40)29-30(47-21(3)41)28-32(48-29)35(24-14-16-25(17-15-24)38(43)44)34-36(23-12-8-5-9-13-23)33(49)27(31(42)37(28)34)22-10-6-4-7-11-22/h4-17,26,28-30,32H,18H2,1-3H3/p+1/t26-,28-,29-,30-,32+/m1/s1. The number of nitrogens with zero attached hydrogens (tertiary/aromatic N) is 4. The van der Waals surface area contributed by atoms with Crippen molar-refractivity contribution in [2.45, 2.75) is 56.4 Å². The smallest absolute Gasteiger partial charge is 0.376 e. The Morgan fingerprint density at radius 1 is 0.939 bits per heavy atom. The average molecular weight is 688 g/mol. The van der Waals surface area contributed by atoms with Gasteiger partial charge in [-0.15, -0.1) is 12.6 Å². The van der Waals surface area contributed by atoms with Crippen molar-refractivity contribution in [3.8, 4) is 16.8 Å². The summed E-state index contributed by atoms with van der Waals surface area (Å²) in [5.41, 5.74) is 1.15. The minimum atomic E-state index is -1.25. The molecule has 0 unspecified atom stereocenters. The number of para-hydroxylation sites is 1. The van der Waals surface area contributed by atoms with E-state index >= 15 is 0 Å². The number of fused-ring (bicyclic) bond motifs is 3. The number of carbonyl (C=O) groups is 3. The lowest BCUT2D eigenvalue weighted by Crippen LogP contribution is -2.49. The van der Waals surface area contributed by atoms with Gasteiger partial charge in [0.25, 0.3) is 5.69 Å². The van der Waals surface area contributed by atoms with Crippen LogP contribution < -0.4 is 15.0 Å². The van der Waals surface area contributed by atoms with Gasteiger partial charge in [0.05, 0.1) is 4.92 Å². The minimum Gasteiger partial charge on any atom is -0.462 e. The van der Waals surface area contributed by atoms with Gasteiger partial charge in [0.2, 0.25) is 6.23 Å². The van der Waals surface area contributed by atoms with Gasteiger partial charge in [-0.05, 0) is 29.8 Å². The molecule has 0 bridgehead atoms. The Morgan fingerprint density at radius 3 is 2.14 bits per heavy atom. The van der Waals surface area contributed by atoms with Gasteiger partial charge in [0, 0.05) is 32.9 Å². The highest BCUT2D eigenvalue weighted by molar-refractivity contribution is 7.80. The molecule has 4 aromatic rings. The fourth-order valence-electron chi connectivity index (χ4n) is 6.30. The number of ether oxygens (including phenoxy) is 4. The summed E-state index contributed by atoms with van der Waals surface area (Å²) in [6.45, 7) is 3.13. The number of esters is 3. The number of thiol groups is 1. The molecule has 49 heavy (non-hydrogen) atoms. The van der Waals surface area contributed by atoms with Gasteiger partial charge in [-0.1, -0.05) is 48.5 Å². The molecule has 0 spiro atoms. The SMILES string of the molecule is CC(=O)OC[C@@H](OC(C)=O)[C@H]1O[C@H]2[C@@H]([C@H]1OC(C)=O)n1c([n+](-c3ccccc3)c(S)c(-c3ccccc3)c1=O)N2c1ccc([N+](=O)[O-])cc1. The van der Waals surface area contributed by atoms with E-state index in [1.165, 1.54) is 49.6 Å². The number of hydrogen-bond acceptors (Lipinski definition) is 12. The third kappa shape index (κ3) is 6.25. The predicted molar refractivity (Wildman–Crippen MR) is 176 cm³/mol. The van der Waals surface area contributed by atoms with Gasteiger partial charge in [0.15, 0.2) is 23.3 Å². The second-order valence-electron chi connectivity index (χ2n) is 11.4. The molecule has 3 aromatic carbocycles. The molecule has 2 aliphatic rings. The van der Waals surface area contributed by atoms with Crippen LogP contribution in [0.5, 0.6) is 0 Å². The lowest BCUT2D eigenvalue weighted by atomic mass is 10.0. The molecule has 252 valence electrons. The van der Waals surface area contributed by atoms with Crippen LogP contribution in [0, 0.1) is 10.1 Å². The summed E-state index contributed by atoms with van der Waals surface area (Å²) in [6, 6.07) is 22.6. The lowest BCUT2D eigenvalue weighted by Gasteiger charge is -2.28. The molecule has 0 amide bonds. The molecule has 5 atom stereocenters. The van der Waals surface area contributed by atoms with Crippen LogP contribution in [0.1, 0.15) is 26.8 Å². The van der Waals surface area contributed by atoms with Crippen LogP contribution in [-0.2, 0) is 33.3 Å². The van der Waals surface area contributed by atoms with Crippen molar-refractivity contribution in [3.63, 3.8) is 0 Å². The van der Waals surface area contributed by atoms with Gasteiger partial charge < -0.3 is 18.9 Å². The molecule has 0 aliphatic carbocycles. The zero-order chi connectivity index (χ0) is 35.0. The first-order valence-corrected chi connectivity index (χ1v) is 15.6. The topological polar surface area (TPSA) is 160 Å². The highest BCUT2D eigenvalue weighted by Gasteiger charge is 2.64. The molecule has 0 saturated carbocycles. The Bertz CT molecular complexity index is 1990. The van der Waals surface area contributed by atoms with Crippen LogP contribution in [-0.4, -0.2) is 58.5 Å². The van der Waals surface area contributed by atoms with E-state index in [1.807, 2.05) is 36.4 Å². The molecule has 0 radical (unpaired) electrons. The van der Waals surface area contributed by atoms with Crippen LogP contribution in [0.15, 0.2) is 94.7 Å². The minimum absolute atomic E-state index is 0.165. The van der Waals surface area contributed by atoms with Crippen molar-refractivity contribution in [1.29, 1.82) is 0 Å². The summed E-state index contributed by atoms with van der Waals surface area (Å²) in [5, 5.41) is 11.8.